The Morgan fingerprint density at radius 2 is 2.04 bits per heavy atom. The first-order valence-electron chi connectivity index (χ1n) is 8.16. The minimum atomic E-state index is 0.183. The van der Waals surface area contributed by atoms with Crippen LogP contribution in [0.15, 0.2) is 34.9 Å². The number of benzene rings is 1. The van der Waals surface area contributed by atoms with E-state index in [9.17, 15) is 0 Å². The molecule has 24 heavy (non-hydrogen) atoms. The lowest BCUT2D eigenvalue weighted by Gasteiger charge is -2.42. The van der Waals surface area contributed by atoms with Gasteiger partial charge in [0.15, 0.2) is 5.69 Å². The van der Waals surface area contributed by atoms with E-state index in [2.05, 4.69) is 44.6 Å². The lowest BCUT2D eigenvalue weighted by atomic mass is 9.65. The fourth-order valence-electron chi connectivity index (χ4n) is 3.34. The van der Waals surface area contributed by atoms with Crippen molar-refractivity contribution in [1.82, 2.24) is 20.3 Å². The van der Waals surface area contributed by atoms with Crippen molar-refractivity contribution >= 4 is 0 Å². The van der Waals surface area contributed by atoms with Crippen molar-refractivity contribution in [3.05, 3.63) is 41.6 Å². The molecule has 124 valence electrons. The van der Waals surface area contributed by atoms with E-state index in [1.165, 1.54) is 24.8 Å². The molecule has 0 bridgehead atoms. The van der Waals surface area contributed by atoms with Gasteiger partial charge in [0.25, 0.3) is 5.89 Å². The second-order valence-electron chi connectivity index (χ2n) is 6.50. The van der Waals surface area contributed by atoms with E-state index in [4.69, 9.17) is 9.26 Å². The van der Waals surface area contributed by atoms with Crippen molar-refractivity contribution in [3.63, 3.8) is 0 Å². The second-order valence-corrected chi connectivity index (χ2v) is 6.50. The van der Waals surface area contributed by atoms with Gasteiger partial charge in [-0.25, -0.2) is 0 Å². The summed E-state index contributed by atoms with van der Waals surface area (Å²) in [6, 6.07) is 10.3. The highest BCUT2D eigenvalue weighted by molar-refractivity contribution is 5.58. The normalized spacial score (nSPS) is 16.1. The Morgan fingerprint density at radius 3 is 2.62 bits per heavy atom. The standard InChI is InChI=1S/C18H20N4O2/c1-12-10-15(21-20-12)17-19-16(22-24-17)13-4-6-14(7-5-13)18(11-23-2)8-3-9-18/h4-7,10H,3,8-9,11H2,1-2H3,(H,20,21). The summed E-state index contributed by atoms with van der Waals surface area (Å²) < 4.78 is 10.7. The SMILES string of the molecule is COCC1(c2ccc(-c3noc(-c4cc(C)[nH]n4)n3)cc2)CCC1. The van der Waals surface area contributed by atoms with Gasteiger partial charge < -0.3 is 9.26 Å². The molecule has 0 saturated heterocycles. The van der Waals surface area contributed by atoms with E-state index in [-0.39, 0.29) is 5.41 Å². The van der Waals surface area contributed by atoms with Crippen LogP contribution in [0.1, 0.15) is 30.5 Å². The van der Waals surface area contributed by atoms with Gasteiger partial charge in [0.05, 0.1) is 6.61 Å². The Hall–Kier alpha value is -2.47. The first-order chi connectivity index (χ1) is 11.7. The largest absolute Gasteiger partial charge is 0.384 e. The lowest BCUT2D eigenvalue weighted by Crippen LogP contribution is -2.38. The predicted molar refractivity (Wildman–Crippen MR) is 89.5 cm³/mol. The first-order valence-corrected chi connectivity index (χ1v) is 8.16. The average molecular weight is 324 g/mol. The van der Waals surface area contributed by atoms with Crippen LogP contribution in [0.4, 0.5) is 0 Å². The van der Waals surface area contributed by atoms with E-state index in [0.29, 0.717) is 17.4 Å². The minimum absolute atomic E-state index is 0.183. The molecule has 1 aliphatic rings. The van der Waals surface area contributed by atoms with Gasteiger partial charge in [-0.3, -0.25) is 5.10 Å². The molecule has 3 aromatic rings. The zero-order valence-electron chi connectivity index (χ0n) is 13.9. The number of aromatic amines is 1. The monoisotopic (exact) mass is 324 g/mol. The zero-order valence-corrected chi connectivity index (χ0v) is 13.9. The van der Waals surface area contributed by atoms with Gasteiger partial charge >= 0.3 is 0 Å². The summed E-state index contributed by atoms with van der Waals surface area (Å²) >= 11 is 0. The number of rotatable bonds is 5. The Kier molecular flexibility index (Phi) is 3.69. The molecule has 6 nitrogen and oxygen atoms in total. The highest BCUT2D eigenvalue weighted by Crippen LogP contribution is 2.44. The van der Waals surface area contributed by atoms with Crippen molar-refractivity contribution in [1.29, 1.82) is 0 Å². The molecule has 0 atom stereocenters. The fraction of sp³-hybridized carbons (Fsp3) is 0.389. The Balaban J connectivity index is 1.58. The molecule has 0 unspecified atom stereocenters. The molecule has 1 fully saturated rings. The third-order valence-corrected chi connectivity index (χ3v) is 4.84. The van der Waals surface area contributed by atoms with Crippen LogP contribution >= 0.6 is 0 Å². The number of aromatic nitrogens is 4. The predicted octanol–water partition coefficient (Wildman–Crippen LogP) is 3.50. The number of nitrogens with one attached hydrogen (secondary N) is 1. The van der Waals surface area contributed by atoms with Crippen molar-refractivity contribution in [3.8, 4) is 23.0 Å². The molecule has 1 saturated carbocycles. The van der Waals surface area contributed by atoms with Gasteiger partial charge in [0.2, 0.25) is 5.82 Å². The number of H-pyrrole nitrogens is 1. The summed E-state index contributed by atoms with van der Waals surface area (Å²) in [5, 5.41) is 11.1. The van der Waals surface area contributed by atoms with E-state index < -0.39 is 0 Å². The molecule has 0 spiro atoms. The maximum absolute atomic E-state index is 5.42. The van der Waals surface area contributed by atoms with Crippen molar-refractivity contribution in [2.75, 3.05) is 13.7 Å². The van der Waals surface area contributed by atoms with Gasteiger partial charge in [-0.15, -0.1) is 0 Å². The van der Waals surface area contributed by atoms with Crippen LogP contribution in [0, 0.1) is 6.92 Å². The van der Waals surface area contributed by atoms with Crippen molar-refractivity contribution < 1.29 is 9.26 Å². The third kappa shape index (κ3) is 2.53. The number of ether oxygens (including phenoxy) is 1. The number of hydrogen-bond acceptors (Lipinski definition) is 5. The molecule has 6 heteroatoms. The van der Waals surface area contributed by atoms with E-state index in [0.717, 1.165) is 17.9 Å². The number of hydrogen-bond donors (Lipinski definition) is 1. The lowest BCUT2D eigenvalue weighted by molar-refractivity contribution is 0.0792. The van der Waals surface area contributed by atoms with Gasteiger partial charge in [-0.1, -0.05) is 35.8 Å². The molecule has 1 N–H and O–H groups in total. The van der Waals surface area contributed by atoms with Crippen molar-refractivity contribution in [2.24, 2.45) is 0 Å². The highest BCUT2D eigenvalue weighted by Gasteiger charge is 2.38. The smallest absolute Gasteiger partial charge is 0.278 e. The average Bonchev–Trinajstić information content (AvgIpc) is 3.20. The highest BCUT2D eigenvalue weighted by atomic mass is 16.5. The third-order valence-electron chi connectivity index (χ3n) is 4.84. The molecule has 0 aliphatic heterocycles. The van der Waals surface area contributed by atoms with Gasteiger partial charge in [-0.2, -0.15) is 10.1 Å². The Labute approximate surface area is 140 Å². The maximum atomic E-state index is 5.42. The van der Waals surface area contributed by atoms with Gasteiger partial charge in [0.1, 0.15) is 0 Å². The van der Waals surface area contributed by atoms with Crippen LogP contribution in [0.3, 0.4) is 0 Å². The summed E-state index contributed by atoms with van der Waals surface area (Å²) in [7, 11) is 1.77. The summed E-state index contributed by atoms with van der Waals surface area (Å²) in [6.45, 7) is 2.71. The first kappa shape index (κ1) is 15.1. The number of nitrogens with zero attached hydrogens (tertiary/aromatic N) is 3. The zero-order chi connectivity index (χ0) is 16.6. The van der Waals surface area contributed by atoms with Crippen LogP contribution in [0.5, 0.6) is 0 Å². The molecular weight excluding hydrogens is 304 g/mol. The summed E-state index contributed by atoms with van der Waals surface area (Å²) in [5.41, 5.74) is 4.07. The maximum Gasteiger partial charge on any atom is 0.278 e. The van der Waals surface area contributed by atoms with Crippen LogP contribution in [0.2, 0.25) is 0 Å². The van der Waals surface area contributed by atoms with E-state index >= 15 is 0 Å². The van der Waals surface area contributed by atoms with Gasteiger partial charge in [-0.05, 0) is 31.4 Å². The molecule has 0 radical (unpaired) electrons. The fourth-order valence-corrected chi connectivity index (χ4v) is 3.34. The molecular formula is C18H20N4O2. The van der Waals surface area contributed by atoms with Crippen LogP contribution in [-0.4, -0.2) is 34.1 Å². The minimum Gasteiger partial charge on any atom is -0.384 e. The Bertz CT molecular complexity index is 831. The summed E-state index contributed by atoms with van der Waals surface area (Å²) in [6.07, 6.45) is 3.64. The molecule has 0 amide bonds. The topological polar surface area (TPSA) is 76.8 Å². The van der Waals surface area contributed by atoms with Crippen LogP contribution in [0.25, 0.3) is 23.0 Å². The molecule has 2 heterocycles. The quantitative estimate of drug-likeness (QED) is 0.777. The van der Waals surface area contributed by atoms with Crippen LogP contribution < -0.4 is 0 Å². The molecule has 4 rings (SSSR count). The molecule has 1 aliphatic carbocycles. The van der Waals surface area contributed by atoms with Crippen LogP contribution in [-0.2, 0) is 10.2 Å². The van der Waals surface area contributed by atoms with Gasteiger partial charge in [0, 0.05) is 23.8 Å². The number of aryl methyl sites for hydroxylation is 1. The second kappa shape index (κ2) is 5.87. The summed E-state index contributed by atoms with van der Waals surface area (Å²) in [4.78, 5) is 4.44. The van der Waals surface area contributed by atoms with E-state index in [1.54, 1.807) is 7.11 Å². The van der Waals surface area contributed by atoms with Crippen molar-refractivity contribution in [2.45, 2.75) is 31.6 Å². The Morgan fingerprint density at radius 1 is 1.25 bits per heavy atom. The number of methoxy groups -OCH3 is 1. The summed E-state index contributed by atoms with van der Waals surface area (Å²) in [5.74, 6) is 1.000. The van der Waals surface area contributed by atoms with E-state index in [1.807, 2.05) is 13.0 Å². The molecule has 2 aromatic heterocycles. The molecule has 1 aromatic carbocycles.